The third-order valence-electron chi connectivity index (χ3n) is 4.09. The number of Topliss-reactive ketones (excluding diaryl/α,β-unsaturated/α-hetero) is 2. The number of carbonyl (C=O) groups is 2. The minimum Gasteiger partial charge on any atom is -0.295 e. The van der Waals surface area contributed by atoms with E-state index >= 15 is 0 Å². The summed E-state index contributed by atoms with van der Waals surface area (Å²) in [6.07, 6.45) is 0.141. The Hall–Kier alpha value is -2.47. The molecule has 3 rings (SSSR count). The zero-order chi connectivity index (χ0) is 17.5. The third kappa shape index (κ3) is 2.73. The van der Waals surface area contributed by atoms with Crippen molar-refractivity contribution in [1.29, 1.82) is 0 Å². The molecule has 0 aromatic heterocycles. The quantitative estimate of drug-likeness (QED) is 0.803. The maximum Gasteiger partial charge on any atom is 0.264 e. The first kappa shape index (κ1) is 16.4. The molecule has 24 heavy (non-hydrogen) atoms. The van der Waals surface area contributed by atoms with E-state index in [-0.39, 0.29) is 29.4 Å². The van der Waals surface area contributed by atoms with Gasteiger partial charge in [0, 0.05) is 24.1 Å². The summed E-state index contributed by atoms with van der Waals surface area (Å²) >= 11 is 0. The number of nitrogens with zero attached hydrogens (tertiary/aromatic N) is 1. The van der Waals surface area contributed by atoms with E-state index in [1.165, 1.54) is 23.4 Å². The number of aryl methyl sites for hydroxylation is 1. The topological polar surface area (TPSA) is 71.5 Å². The lowest BCUT2D eigenvalue weighted by atomic mass is 10.0. The van der Waals surface area contributed by atoms with Gasteiger partial charge < -0.3 is 0 Å². The van der Waals surface area contributed by atoms with E-state index in [1.807, 2.05) is 6.92 Å². The fourth-order valence-electron chi connectivity index (χ4n) is 2.80. The van der Waals surface area contributed by atoms with Gasteiger partial charge in [-0.1, -0.05) is 23.8 Å². The lowest BCUT2D eigenvalue weighted by molar-refractivity contribution is 0.0980. The van der Waals surface area contributed by atoms with Gasteiger partial charge in [0.25, 0.3) is 10.0 Å². The van der Waals surface area contributed by atoms with Crippen LogP contribution in [-0.4, -0.2) is 26.5 Å². The molecule has 5 nitrogen and oxygen atoms in total. The minimum absolute atomic E-state index is 0.0519. The first-order valence-electron chi connectivity index (χ1n) is 7.58. The Balaban J connectivity index is 2.12. The molecule has 0 saturated heterocycles. The number of benzene rings is 2. The molecule has 0 saturated carbocycles. The summed E-state index contributed by atoms with van der Waals surface area (Å²) < 4.78 is 27.3. The van der Waals surface area contributed by atoms with Crippen LogP contribution in [0, 0.1) is 6.92 Å². The normalized spacial score (nSPS) is 14.4. The van der Waals surface area contributed by atoms with E-state index < -0.39 is 10.0 Å². The van der Waals surface area contributed by atoms with E-state index in [9.17, 15) is 18.0 Å². The van der Waals surface area contributed by atoms with Crippen LogP contribution in [0.25, 0.3) is 0 Å². The molecule has 0 bridgehead atoms. The molecule has 2 aromatic carbocycles. The van der Waals surface area contributed by atoms with Crippen LogP contribution in [0.2, 0.25) is 0 Å². The Bertz CT molecular complexity index is 947. The Labute approximate surface area is 141 Å². The lowest BCUT2D eigenvalue weighted by Gasteiger charge is -2.30. The van der Waals surface area contributed by atoms with Crippen molar-refractivity contribution in [2.24, 2.45) is 0 Å². The SMILES string of the molecule is CC(=O)c1cccc(S(=O)(=O)N2CCC(=O)c3cc(C)ccc32)c1. The van der Waals surface area contributed by atoms with Crippen LogP contribution >= 0.6 is 0 Å². The molecule has 6 heteroatoms. The highest BCUT2D eigenvalue weighted by atomic mass is 32.2. The van der Waals surface area contributed by atoms with E-state index in [0.29, 0.717) is 16.8 Å². The van der Waals surface area contributed by atoms with Gasteiger partial charge in [-0.15, -0.1) is 0 Å². The number of sulfonamides is 1. The summed E-state index contributed by atoms with van der Waals surface area (Å²) in [7, 11) is -3.84. The van der Waals surface area contributed by atoms with Gasteiger partial charge in [0.1, 0.15) is 0 Å². The Morgan fingerprint density at radius 1 is 1.12 bits per heavy atom. The molecule has 1 heterocycles. The molecule has 0 amide bonds. The van der Waals surface area contributed by atoms with Crippen molar-refractivity contribution in [2.75, 3.05) is 10.8 Å². The van der Waals surface area contributed by atoms with Crippen LogP contribution in [0.3, 0.4) is 0 Å². The zero-order valence-corrected chi connectivity index (χ0v) is 14.3. The average molecular weight is 343 g/mol. The van der Waals surface area contributed by atoms with Crippen LogP contribution in [0.4, 0.5) is 5.69 Å². The van der Waals surface area contributed by atoms with E-state index in [4.69, 9.17) is 0 Å². The van der Waals surface area contributed by atoms with Crippen LogP contribution in [0.15, 0.2) is 47.4 Å². The highest BCUT2D eigenvalue weighted by molar-refractivity contribution is 7.92. The number of ketones is 2. The number of hydrogen-bond donors (Lipinski definition) is 0. The predicted octanol–water partition coefficient (Wildman–Crippen LogP) is 2.98. The van der Waals surface area contributed by atoms with Gasteiger partial charge in [-0.2, -0.15) is 0 Å². The highest BCUT2D eigenvalue weighted by Crippen LogP contribution is 2.32. The van der Waals surface area contributed by atoms with Gasteiger partial charge in [0.15, 0.2) is 11.6 Å². The number of rotatable bonds is 3. The Morgan fingerprint density at radius 3 is 2.58 bits per heavy atom. The molecular formula is C18H17NO4S. The molecule has 0 spiro atoms. The lowest BCUT2D eigenvalue weighted by Crippen LogP contribution is -2.37. The maximum atomic E-state index is 13.0. The molecule has 1 aliphatic rings. The number of hydrogen-bond acceptors (Lipinski definition) is 4. The smallest absolute Gasteiger partial charge is 0.264 e. The van der Waals surface area contributed by atoms with Crippen molar-refractivity contribution in [2.45, 2.75) is 25.2 Å². The van der Waals surface area contributed by atoms with Crippen LogP contribution in [0.1, 0.15) is 39.6 Å². The predicted molar refractivity (Wildman–Crippen MR) is 91.1 cm³/mol. The van der Waals surface area contributed by atoms with Crippen LogP contribution < -0.4 is 4.31 Å². The number of anilines is 1. The maximum absolute atomic E-state index is 13.0. The summed E-state index contributed by atoms with van der Waals surface area (Å²) in [6, 6.07) is 11.1. The fraction of sp³-hybridized carbons (Fsp3) is 0.222. The third-order valence-corrected chi connectivity index (χ3v) is 5.90. The van der Waals surface area contributed by atoms with Crippen LogP contribution in [-0.2, 0) is 10.0 Å². The largest absolute Gasteiger partial charge is 0.295 e. The van der Waals surface area contributed by atoms with Crippen molar-refractivity contribution >= 4 is 27.3 Å². The van der Waals surface area contributed by atoms with E-state index in [0.717, 1.165) is 5.56 Å². The monoisotopic (exact) mass is 343 g/mol. The summed E-state index contributed by atoms with van der Waals surface area (Å²) in [5, 5.41) is 0. The van der Waals surface area contributed by atoms with Gasteiger partial charge in [0.05, 0.1) is 10.6 Å². The molecule has 1 aliphatic heterocycles. The molecule has 0 radical (unpaired) electrons. The Kier molecular flexibility index (Phi) is 4.01. The van der Waals surface area contributed by atoms with Crippen molar-refractivity contribution in [1.82, 2.24) is 0 Å². The van der Waals surface area contributed by atoms with Gasteiger partial charge in [-0.25, -0.2) is 8.42 Å². The van der Waals surface area contributed by atoms with E-state index in [1.54, 1.807) is 30.3 Å². The summed E-state index contributed by atoms with van der Waals surface area (Å²) in [4.78, 5) is 23.7. The van der Waals surface area contributed by atoms with Crippen molar-refractivity contribution < 1.29 is 18.0 Å². The average Bonchev–Trinajstić information content (AvgIpc) is 2.55. The first-order valence-corrected chi connectivity index (χ1v) is 9.02. The standard InChI is InChI=1S/C18H17NO4S/c1-12-6-7-17-16(10-12)18(21)8-9-19(17)24(22,23)15-5-3-4-14(11-15)13(2)20/h3-7,10-11H,8-9H2,1-2H3. The molecule has 0 atom stereocenters. The summed E-state index contributed by atoms with van der Waals surface area (Å²) in [5.41, 5.74) is 2.06. The van der Waals surface area contributed by atoms with Gasteiger partial charge in [-0.05, 0) is 38.1 Å². The highest BCUT2D eigenvalue weighted by Gasteiger charge is 2.32. The second-order valence-electron chi connectivity index (χ2n) is 5.85. The minimum atomic E-state index is -3.84. The molecule has 0 N–H and O–H groups in total. The number of fused-ring (bicyclic) bond motifs is 1. The van der Waals surface area contributed by atoms with Crippen molar-refractivity contribution in [3.05, 3.63) is 59.2 Å². The van der Waals surface area contributed by atoms with Gasteiger partial charge in [-0.3, -0.25) is 13.9 Å². The molecule has 0 aliphatic carbocycles. The second-order valence-corrected chi connectivity index (χ2v) is 7.72. The van der Waals surface area contributed by atoms with Crippen LogP contribution in [0.5, 0.6) is 0 Å². The van der Waals surface area contributed by atoms with Gasteiger partial charge in [0.2, 0.25) is 0 Å². The number of carbonyl (C=O) groups excluding carboxylic acids is 2. The fourth-order valence-corrected chi connectivity index (χ4v) is 4.33. The second kappa shape index (κ2) is 5.87. The molecule has 2 aromatic rings. The first-order chi connectivity index (χ1) is 11.3. The van der Waals surface area contributed by atoms with E-state index in [2.05, 4.69) is 0 Å². The Morgan fingerprint density at radius 2 is 1.88 bits per heavy atom. The molecule has 124 valence electrons. The van der Waals surface area contributed by atoms with Crippen molar-refractivity contribution in [3.63, 3.8) is 0 Å². The molecular weight excluding hydrogens is 326 g/mol. The zero-order valence-electron chi connectivity index (χ0n) is 13.4. The molecule has 0 fully saturated rings. The van der Waals surface area contributed by atoms with Crippen molar-refractivity contribution in [3.8, 4) is 0 Å². The summed E-state index contributed by atoms with van der Waals surface area (Å²) in [5.74, 6) is -0.255. The summed E-state index contributed by atoms with van der Waals surface area (Å²) in [6.45, 7) is 3.35. The van der Waals surface area contributed by atoms with Gasteiger partial charge >= 0.3 is 0 Å². The molecule has 0 unspecified atom stereocenters.